The van der Waals surface area contributed by atoms with E-state index >= 15 is 0 Å². The SMILES string of the molecule is Cc1ccsc1CNCCn1ccc2c(C)cccc21. The summed E-state index contributed by atoms with van der Waals surface area (Å²) in [6.07, 6.45) is 2.19. The number of fused-ring (bicyclic) bond motifs is 1. The zero-order valence-corrected chi connectivity index (χ0v) is 12.8. The Morgan fingerprint density at radius 1 is 1.10 bits per heavy atom. The van der Waals surface area contributed by atoms with Crippen molar-refractivity contribution in [2.24, 2.45) is 0 Å². The summed E-state index contributed by atoms with van der Waals surface area (Å²) < 4.78 is 2.33. The second-order valence-electron chi connectivity index (χ2n) is 5.22. The fraction of sp³-hybridized carbons (Fsp3) is 0.294. The van der Waals surface area contributed by atoms with E-state index < -0.39 is 0 Å². The summed E-state index contributed by atoms with van der Waals surface area (Å²) in [6, 6.07) is 10.9. The van der Waals surface area contributed by atoms with E-state index in [1.54, 1.807) is 0 Å². The topological polar surface area (TPSA) is 17.0 Å². The zero-order chi connectivity index (χ0) is 13.9. The smallest absolute Gasteiger partial charge is 0.0483 e. The van der Waals surface area contributed by atoms with E-state index in [2.05, 4.69) is 65.6 Å². The number of aryl methyl sites for hydroxylation is 2. The number of nitrogens with zero attached hydrogens (tertiary/aromatic N) is 1. The van der Waals surface area contributed by atoms with Crippen LogP contribution in [0, 0.1) is 13.8 Å². The molecule has 0 spiro atoms. The van der Waals surface area contributed by atoms with E-state index in [0.717, 1.165) is 19.6 Å². The average Bonchev–Trinajstić information content (AvgIpc) is 3.03. The Bertz CT molecular complexity index is 709. The minimum atomic E-state index is 0.974. The molecule has 3 rings (SSSR count). The van der Waals surface area contributed by atoms with Crippen molar-refractivity contribution in [2.75, 3.05) is 6.54 Å². The highest BCUT2D eigenvalue weighted by atomic mass is 32.1. The molecule has 0 bridgehead atoms. The molecule has 2 nitrogen and oxygen atoms in total. The Kier molecular flexibility index (Phi) is 3.90. The maximum Gasteiger partial charge on any atom is 0.0483 e. The van der Waals surface area contributed by atoms with Crippen molar-refractivity contribution >= 4 is 22.2 Å². The van der Waals surface area contributed by atoms with E-state index in [1.165, 1.54) is 26.9 Å². The van der Waals surface area contributed by atoms with Gasteiger partial charge in [0.2, 0.25) is 0 Å². The van der Waals surface area contributed by atoms with Crippen LogP contribution in [0.5, 0.6) is 0 Å². The van der Waals surface area contributed by atoms with Gasteiger partial charge in [-0.3, -0.25) is 0 Å². The third kappa shape index (κ3) is 2.65. The van der Waals surface area contributed by atoms with Gasteiger partial charge in [-0.2, -0.15) is 0 Å². The van der Waals surface area contributed by atoms with Crippen molar-refractivity contribution in [1.82, 2.24) is 9.88 Å². The molecular weight excluding hydrogens is 264 g/mol. The number of benzene rings is 1. The standard InChI is InChI=1S/C17H20N2S/c1-13-4-3-5-16-15(13)6-9-19(16)10-8-18-12-17-14(2)7-11-20-17/h3-7,9,11,18H,8,10,12H2,1-2H3. The summed E-state index contributed by atoms with van der Waals surface area (Å²) in [5.41, 5.74) is 4.08. The molecule has 0 saturated carbocycles. The molecule has 1 N–H and O–H groups in total. The van der Waals surface area contributed by atoms with Gasteiger partial charge in [-0.15, -0.1) is 11.3 Å². The molecule has 0 unspecified atom stereocenters. The lowest BCUT2D eigenvalue weighted by Gasteiger charge is -2.07. The maximum atomic E-state index is 3.54. The van der Waals surface area contributed by atoms with Crippen LogP contribution in [-0.2, 0) is 13.1 Å². The number of thiophene rings is 1. The maximum absolute atomic E-state index is 3.54. The Balaban J connectivity index is 1.60. The number of hydrogen-bond acceptors (Lipinski definition) is 2. The largest absolute Gasteiger partial charge is 0.346 e. The molecule has 0 fully saturated rings. The van der Waals surface area contributed by atoms with E-state index in [9.17, 15) is 0 Å². The van der Waals surface area contributed by atoms with Crippen LogP contribution in [0.1, 0.15) is 16.0 Å². The van der Waals surface area contributed by atoms with E-state index in [1.807, 2.05) is 11.3 Å². The van der Waals surface area contributed by atoms with Crippen LogP contribution in [0.15, 0.2) is 41.9 Å². The van der Waals surface area contributed by atoms with Gasteiger partial charge in [0.1, 0.15) is 0 Å². The lowest BCUT2D eigenvalue weighted by Crippen LogP contribution is -2.19. The lowest BCUT2D eigenvalue weighted by molar-refractivity contribution is 0.612. The summed E-state index contributed by atoms with van der Waals surface area (Å²) in [6.45, 7) is 7.33. The molecule has 2 heterocycles. The number of aromatic nitrogens is 1. The normalized spacial score (nSPS) is 11.3. The van der Waals surface area contributed by atoms with Gasteiger partial charge in [0.25, 0.3) is 0 Å². The summed E-state index contributed by atoms with van der Waals surface area (Å²) >= 11 is 1.83. The highest BCUT2D eigenvalue weighted by Gasteiger charge is 2.03. The quantitative estimate of drug-likeness (QED) is 0.698. The third-order valence-electron chi connectivity index (χ3n) is 3.81. The lowest BCUT2D eigenvalue weighted by atomic mass is 10.1. The van der Waals surface area contributed by atoms with E-state index in [4.69, 9.17) is 0 Å². The molecule has 0 saturated heterocycles. The van der Waals surface area contributed by atoms with Crippen molar-refractivity contribution in [3.63, 3.8) is 0 Å². The van der Waals surface area contributed by atoms with Crippen molar-refractivity contribution < 1.29 is 0 Å². The summed E-state index contributed by atoms with van der Waals surface area (Å²) in [4.78, 5) is 1.44. The van der Waals surface area contributed by atoms with Crippen molar-refractivity contribution in [2.45, 2.75) is 26.9 Å². The van der Waals surface area contributed by atoms with Crippen LogP contribution in [-0.4, -0.2) is 11.1 Å². The molecule has 0 radical (unpaired) electrons. The van der Waals surface area contributed by atoms with Gasteiger partial charge in [0, 0.05) is 41.6 Å². The number of nitrogens with one attached hydrogen (secondary N) is 1. The van der Waals surface area contributed by atoms with Crippen LogP contribution in [0.2, 0.25) is 0 Å². The second kappa shape index (κ2) is 5.81. The second-order valence-corrected chi connectivity index (χ2v) is 6.22. The molecule has 0 aliphatic carbocycles. The monoisotopic (exact) mass is 284 g/mol. The molecule has 1 aromatic carbocycles. The molecule has 0 aliphatic heterocycles. The highest BCUT2D eigenvalue weighted by Crippen LogP contribution is 2.19. The molecule has 2 aromatic heterocycles. The Hall–Kier alpha value is -1.58. The zero-order valence-electron chi connectivity index (χ0n) is 12.0. The number of hydrogen-bond donors (Lipinski definition) is 1. The van der Waals surface area contributed by atoms with Gasteiger partial charge in [0.05, 0.1) is 0 Å². The first-order valence-corrected chi connectivity index (χ1v) is 7.92. The minimum Gasteiger partial charge on any atom is -0.346 e. The minimum absolute atomic E-state index is 0.974. The first-order valence-electron chi connectivity index (χ1n) is 7.04. The number of rotatable bonds is 5. The van der Waals surface area contributed by atoms with Crippen LogP contribution in [0.3, 0.4) is 0 Å². The van der Waals surface area contributed by atoms with Crippen LogP contribution in [0.4, 0.5) is 0 Å². The fourth-order valence-corrected chi connectivity index (χ4v) is 3.43. The molecule has 20 heavy (non-hydrogen) atoms. The molecule has 104 valence electrons. The summed E-state index contributed by atoms with van der Waals surface area (Å²) in [5.74, 6) is 0. The van der Waals surface area contributed by atoms with E-state index in [0.29, 0.717) is 0 Å². The van der Waals surface area contributed by atoms with Gasteiger partial charge in [-0.1, -0.05) is 12.1 Å². The van der Waals surface area contributed by atoms with Gasteiger partial charge >= 0.3 is 0 Å². The first-order chi connectivity index (χ1) is 9.75. The predicted octanol–water partition coefficient (Wildman–Crippen LogP) is 4.11. The van der Waals surface area contributed by atoms with Crippen LogP contribution < -0.4 is 5.32 Å². The van der Waals surface area contributed by atoms with Gasteiger partial charge in [-0.05, 0) is 48.6 Å². The highest BCUT2D eigenvalue weighted by molar-refractivity contribution is 7.10. The molecule has 3 aromatic rings. The van der Waals surface area contributed by atoms with Gasteiger partial charge < -0.3 is 9.88 Å². The molecule has 0 amide bonds. The van der Waals surface area contributed by atoms with Crippen molar-refractivity contribution in [1.29, 1.82) is 0 Å². The molecule has 0 atom stereocenters. The van der Waals surface area contributed by atoms with Gasteiger partial charge in [0.15, 0.2) is 0 Å². The molecule has 3 heteroatoms. The van der Waals surface area contributed by atoms with Crippen molar-refractivity contribution in [3.8, 4) is 0 Å². The first kappa shape index (κ1) is 13.4. The summed E-state index contributed by atoms with van der Waals surface area (Å²) in [5, 5.41) is 7.06. The molecular formula is C17H20N2S. The fourth-order valence-electron chi connectivity index (χ4n) is 2.56. The predicted molar refractivity (Wildman–Crippen MR) is 87.4 cm³/mol. The average molecular weight is 284 g/mol. The third-order valence-corrected chi connectivity index (χ3v) is 4.84. The Labute approximate surface area is 124 Å². The molecule has 0 aliphatic rings. The van der Waals surface area contributed by atoms with Crippen LogP contribution in [0.25, 0.3) is 10.9 Å². The van der Waals surface area contributed by atoms with Crippen LogP contribution >= 0.6 is 11.3 Å². The Morgan fingerprint density at radius 3 is 2.80 bits per heavy atom. The van der Waals surface area contributed by atoms with Gasteiger partial charge in [-0.25, -0.2) is 0 Å². The Morgan fingerprint density at radius 2 is 2.00 bits per heavy atom. The van der Waals surface area contributed by atoms with Crippen molar-refractivity contribution in [3.05, 3.63) is 57.9 Å². The summed E-state index contributed by atoms with van der Waals surface area (Å²) in [7, 11) is 0. The van der Waals surface area contributed by atoms with E-state index in [-0.39, 0.29) is 0 Å².